The van der Waals surface area contributed by atoms with E-state index in [1.165, 1.54) is 6.07 Å². The van der Waals surface area contributed by atoms with Gasteiger partial charge in [0.15, 0.2) is 0 Å². The number of carbonyl (C=O) groups is 1. The highest BCUT2D eigenvalue weighted by Gasteiger charge is 2.36. The number of fused-ring (bicyclic) bond motifs is 1. The molecular weight excluding hydrogens is 484 g/mol. The maximum Gasteiger partial charge on any atom is 0.242 e. The maximum atomic E-state index is 12.8. The number of aromatic nitrogens is 2. The lowest BCUT2D eigenvalue weighted by Crippen LogP contribution is -2.30. The summed E-state index contributed by atoms with van der Waals surface area (Å²) in [4.78, 5) is 18.6. The van der Waals surface area contributed by atoms with Crippen LogP contribution in [0.4, 0.5) is 5.69 Å². The van der Waals surface area contributed by atoms with Gasteiger partial charge in [0, 0.05) is 28.2 Å². The molecule has 1 aromatic heterocycles. The van der Waals surface area contributed by atoms with Gasteiger partial charge >= 0.3 is 0 Å². The number of nitrogens with zero attached hydrogens (tertiary/aromatic N) is 3. The van der Waals surface area contributed by atoms with E-state index in [2.05, 4.69) is 30.8 Å². The lowest BCUT2D eigenvalue weighted by molar-refractivity contribution is -0.119. The van der Waals surface area contributed by atoms with Crippen molar-refractivity contribution in [3.05, 3.63) is 58.4 Å². The van der Waals surface area contributed by atoms with Gasteiger partial charge in [-0.1, -0.05) is 33.2 Å². The molecule has 160 valence electrons. The summed E-state index contributed by atoms with van der Waals surface area (Å²) < 4.78 is 34.1. The standard InChI is InChI=1S/C21H19BrN4O4S/c22-16-3-1-2-15(10-16)20-24-19(30-25-20)12-23-31(28,29)17-6-7-18-14(11-17)8-9-26(18)21(27)13-4-5-13/h1-3,6-7,10-11,13,23H,4-5,8-9,12H2. The number of carbonyl (C=O) groups excluding carboxylic acids is 1. The molecule has 31 heavy (non-hydrogen) atoms. The van der Waals surface area contributed by atoms with E-state index >= 15 is 0 Å². The van der Waals surface area contributed by atoms with Gasteiger partial charge in [0.25, 0.3) is 0 Å². The second-order valence-electron chi connectivity index (χ2n) is 7.65. The molecule has 1 saturated carbocycles. The van der Waals surface area contributed by atoms with Crippen LogP contribution in [0.5, 0.6) is 0 Å². The van der Waals surface area contributed by atoms with Crippen LogP contribution in [-0.2, 0) is 27.8 Å². The van der Waals surface area contributed by atoms with E-state index in [-0.39, 0.29) is 29.2 Å². The van der Waals surface area contributed by atoms with Crippen LogP contribution in [0.15, 0.2) is 56.4 Å². The van der Waals surface area contributed by atoms with Gasteiger partial charge < -0.3 is 9.42 Å². The molecule has 1 fully saturated rings. The first-order valence-electron chi connectivity index (χ1n) is 9.93. The van der Waals surface area contributed by atoms with Crippen LogP contribution in [0.3, 0.4) is 0 Å². The van der Waals surface area contributed by atoms with Crippen LogP contribution in [0.2, 0.25) is 0 Å². The molecule has 1 amide bonds. The molecule has 10 heteroatoms. The molecule has 0 saturated heterocycles. The van der Waals surface area contributed by atoms with Crippen LogP contribution >= 0.6 is 15.9 Å². The predicted molar refractivity (Wildman–Crippen MR) is 117 cm³/mol. The molecule has 2 aromatic carbocycles. The molecule has 5 rings (SSSR count). The Morgan fingerprint density at radius 3 is 2.84 bits per heavy atom. The van der Waals surface area contributed by atoms with Gasteiger partial charge in [0.1, 0.15) is 0 Å². The minimum absolute atomic E-state index is 0.118. The van der Waals surface area contributed by atoms with Crippen LogP contribution in [-0.4, -0.2) is 31.0 Å². The quantitative estimate of drug-likeness (QED) is 0.554. The largest absolute Gasteiger partial charge is 0.338 e. The molecule has 1 aliphatic heterocycles. The molecule has 8 nitrogen and oxygen atoms in total. The Hall–Kier alpha value is -2.56. The molecule has 0 unspecified atom stereocenters. The minimum atomic E-state index is -3.77. The van der Waals surface area contributed by atoms with Crippen molar-refractivity contribution in [1.29, 1.82) is 0 Å². The maximum absolute atomic E-state index is 12.8. The molecular formula is C21H19BrN4O4S. The van der Waals surface area contributed by atoms with Gasteiger partial charge in [0.2, 0.25) is 27.6 Å². The first-order valence-corrected chi connectivity index (χ1v) is 12.2. The molecule has 2 aliphatic rings. The number of hydrogen-bond donors (Lipinski definition) is 1. The fraction of sp³-hybridized carbons (Fsp3) is 0.286. The van der Waals surface area contributed by atoms with Crippen molar-refractivity contribution in [3.63, 3.8) is 0 Å². The van der Waals surface area contributed by atoms with Crippen molar-refractivity contribution >= 4 is 37.5 Å². The third-order valence-corrected chi connectivity index (χ3v) is 7.31. The van der Waals surface area contributed by atoms with Crippen molar-refractivity contribution < 1.29 is 17.7 Å². The highest BCUT2D eigenvalue weighted by atomic mass is 79.9. The van der Waals surface area contributed by atoms with Gasteiger partial charge in [-0.2, -0.15) is 4.98 Å². The zero-order chi connectivity index (χ0) is 21.6. The summed E-state index contributed by atoms with van der Waals surface area (Å²) in [6, 6.07) is 12.3. The Labute approximate surface area is 187 Å². The average molecular weight is 503 g/mol. The van der Waals surface area contributed by atoms with Crippen molar-refractivity contribution in [2.45, 2.75) is 30.7 Å². The third kappa shape index (κ3) is 4.15. The van der Waals surface area contributed by atoms with Crippen LogP contribution in [0.25, 0.3) is 11.4 Å². The van der Waals surface area contributed by atoms with Gasteiger partial charge in [-0.15, -0.1) is 0 Å². The number of halogens is 1. The smallest absolute Gasteiger partial charge is 0.242 e. The van der Waals surface area contributed by atoms with E-state index in [9.17, 15) is 13.2 Å². The van der Waals surface area contributed by atoms with Crippen molar-refractivity contribution in [1.82, 2.24) is 14.9 Å². The molecule has 0 radical (unpaired) electrons. The number of rotatable bonds is 6. The highest BCUT2D eigenvalue weighted by Crippen LogP contribution is 2.37. The van der Waals surface area contributed by atoms with E-state index in [0.29, 0.717) is 18.8 Å². The summed E-state index contributed by atoms with van der Waals surface area (Å²) in [5.74, 6) is 0.826. The van der Waals surface area contributed by atoms with Crippen LogP contribution < -0.4 is 9.62 Å². The summed E-state index contributed by atoms with van der Waals surface area (Å²) in [7, 11) is -3.77. The van der Waals surface area contributed by atoms with E-state index in [1.54, 1.807) is 17.0 Å². The second kappa shape index (κ2) is 7.85. The molecule has 1 aliphatic carbocycles. The Morgan fingerprint density at radius 1 is 1.23 bits per heavy atom. The number of anilines is 1. The molecule has 3 aromatic rings. The number of benzene rings is 2. The Bertz CT molecular complexity index is 1270. The van der Waals surface area contributed by atoms with Crippen LogP contribution in [0, 0.1) is 5.92 Å². The van der Waals surface area contributed by atoms with E-state index < -0.39 is 10.0 Å². The summed E-state index contributed by atoms with van der Waals surface area (Å²) in [5.41, 5.74) is 2.44. The van der Waals surface area contributed by atoms with Gasteiger partial charge in [-0.3, -0.25) is 4.79 Å². The van der Waals surface area contributed by atoms with E-state index in [4.69, 9.17) is 4.52 Å². The lowest BCUT2D eigenvalue weighted by atomic mass is 10.2. The first-order chi connectivity index (χ1) is 14.9. The summed E-state index contributed by atoms with van der Waals surface area (Å²) in [5, 5.41) is 3.91. The third-order valence-electron chi connectivity index (χ3n) is 5.41. The molecule has 0 atom stereocenters. The molecule has 0 bridgehead atoms. The van der Waals surface area contributed by atoms with E-state index in [0.717, 1.165) is 34.1 Å². The molecule has 0 spiro atoms. The van der Waals surface area contributed by atoms with Gasteiger partial charge in [-0.05, 0) is 55.2 Å². The second-order valence-corrected chi connectivity index (χ2v) is 10.3. The first kappa shape index (κ1) is 20.3. The zero-order valence-corrected chi connectivity index (χ0v) is 18.8. The monoisotopic (exact) mass is 502 g/mol. The Balaban J connectivity index is 1.29. The number of hydrogen-bond acceptors (Lipinski definition) is 6. The number of sulfonamides is 1. The Morgan fingerprint density at radius 2 is 2.06 bits per heavy atom. The van der Waals surface area contributed by atoms with Crippen molar-refractivity contribution in [3.8, 4) is 11.4 Å². The summed E-state index contributed by atoms with van der Waals surface area (Å²) in [6.45, 7) is 0.481. The lowest BCUT2D eigenvalue weighted by Gasteiger charge is -2.17. The average Bonchev–Trinajstić information content (AvgIpc) is 3.35. The fourth-order valence-electron chi connectivity index (χ4n) is 3.64. The summed E-state index contributed by atoms with van der Waals surface area (Å²) in [6.07, 6.45) is 2.54. The number of amides is 1. The predicted octanol–water partition coefficient (Wildman–Crippen LogP) is 3.28. The molecule has 1 N–H and O–H groups in total. The van der Waals surface area contributed by atoms with Crippen molar-refractivity contribution in [2.24, 2.45) is 5.92 Å². The minimum Gasteiger partial charge on any atom is -0.338 e. The van der Waals surface area contributed by atoms with Gasteiger partial charge in [-0.25, -0.2) is 13.1 Å². The topological polar surface area (TPSA) is 105 Å². The van der Waals surface area contributed by atoms with E-state index in [1.807, 2.05) is 24.3 Å². The van der Waals surface area contributed by atoms with Crippen LogP contribution in [0.1, 0.15) is 24.3 Å². The molecule has 2 heterocycles. The van der Waals surface area contributed by atoms with Gasteiger partial charge in [0.05, 0.1) is 11.4 Å². The Kier molecular flexibility index (Phi) is 5.15. The normalized spacial score (nSPS) is 15.8. The highest BCUT2D eigenvalue weighted by molar-refractivity contribution is 9.10. The summed E-state index contributed by atoms with van der Waals surface area (Å²) >= 11 is 3.39. The fourth-order valence-corrected chi connectivity index (χ4v) is 5.06. The zero-order valence-electron chi connectivity index (χ0n) is 16.4. The number of nitrogens with one attached hydrogen (secondary N) is 1. The van der Waals surface area contributed by atoms with Crippen molar-refractivity contribution in [2.75, 3.05) is 11.4 Å². The SMILES string of the molecule is O=C(C1CC1)N1CCc2cc(S(=O)(=O)NCc3nc(-c4cccc(Br)c4)no3)ccc21.